The predicted molar refractivity (Wildman–Crippen MR) is 146 cm³/mol. The molecule has 39 heavy (non-hydrogen) atoms. The second-order valence-corrected chi connectivity index (χ2v) is 11.4. The van der Waals surface area contributed by atoms with E-state index in [1.807, 2.05) is 6.92 Å². The zero-order chi connectivity index (χ0) is 28.5. The number of alkyl halides is 5. The number of nitrogens with zero attached hydrogens (tertiary/aromatic N) is 3. The third-order valence-electron chi connectivity index (χ3n) is 5.71. The molecule has 4 aromatic rings. The Morgan fingerprint density at radius 1 is 0.949 bits per heavy atom. The number of aryl methyl sites for hydroxylation is 1. The minimum absolute atomic E-state index is 0.131. The third-order valence-corrected chi connectivity index (χ3v) is 8.72. The van der Waals surface area contributed by atoms with E-state index < -0.39 is 32.9 Å². The van der Waals surface area contributed by atoms with E-state index >= 15 is 0 Å². The van der Waals surface area contributed by atoms with Gasteiger partial charge >= 0.3 is 6.18 Å². The molecule has 0 aliphatic heterocycles. The minimum Gasteiger partial charge on any atom is -0.529 e. The fraction of sp³-hybridized carbons (Fsp3) is 0.154. The molecule has 13 heteroatoms. The van der Waals surface area contributed by atoms with Crippen LogP contribution in [0.2, 0.25) is 0 Å². The maximum absolute atomic E-state index is 13.5. The molecule has 7 nitrogen and oxygen atoms in total. The topological polar surface area (TPSA) is 95.3 Å². The first kappa shape index (κ1) is 28.8. The molecule has 0 fully saturated rings. The van der Waals surface area contributed by atoms with Crippen LogP contribution in [0, 0.1) is 6.92 Å². The van der Waals surface area contributed by atoms with Gasteiger partial charge in [0, 0.05) is 16.2 Å². The number of hydrogen-bond donors (Lipinski definition) is 0. The number of sulfonamides is 1. The van der Waals surface area contributed by atoms with Gasteiger partial charge in [-0.1, -0.05) is 67.8 Å². The Morgan fingerprint density at radius 2 is 1.51 bits per heavy atom. The summed E-state index contributed by atoms with van der Waals surface area (Å²) in [5, 5.41) is 16.4. The smallest absolute Gasteiger partial charge is 0.435 e. The summed E-state index contributed by atoms with van der Waals surface area (Å²) >= 11 is 6.56. The molecule has 1 aromatic heterocycles. The number of carbonyl (C=O) groups excluding carboxylic acids is 1. The summed E-state index contributed by atoms with van der Waals surface area (Å²) in [7, 11) is -4.66. The number of aromatic nitrogens is 2. The minimum atomic E-state index is -4.71. The highest BCUT2D eigenvalue weighted by Gasteiger charge is 2.35. The van der Waals surface area contributed by atoms with Gasteiger partial charge in [-0.2, -0.15) is 18.3 Å². The summed E-state index contributed by atoms with van der Waals surface area (Å²) in [6.07, 6.45) is -6.67. The fourth-order valence-electron chi connectivity index (χ4n) is 3.87. The lowest BCUT2D eigenvalue weighted by Crippen LogP contribution is -2.45. The summed E-state index contributed by atoms with van der Waals surface area (Å²) in [5.41, 5.74) is 1.70. The molecule has 0 aliphatic carbocycles. The van der Waals surface area contributed by atoms with Crippen LogP contribution >= 0.6 is 31.9 Å². The van der Waals surface area contributed by atoms with Crippen LogP contribution in [0.3, 0.4) is 0 Å². The molecular formula is C26H19Br2F3N3O4S-. The number of anilines is 1. The Hall–Kier alpha value is -3.16. The Balaban J connectivity index is 1.78. The summed E-state index contributed by atoms with van der Waals surface area (Å²) in [6.45, 7) is 1.84. The van der Waals surface area contributed by atoms with Crippen LogP contribution in [0.5, 0.6) is 0 Å². The van der Waals surface area contributed by atoms with Crippen LogP contribution in [0.1, 0.15) is 22.4 Å². The highest BCUT2D eigenvalue weighted by Crippen LogP contribution is 2.34. The van der Waals surface area contributed by atoms with Gasteiger partial charge in [0.1, 0.15) is 0 Å². The zero-order valence-electron chi connectivity index (χ0n) is 20.1. The lowest BCUT2D eigenvalue weighted by molar-refractivity contribution is -0.244. The molecular weight excluding hydrogens is 667 g/mol. The predicted octanol–water partition coefficient (Wildman–Crippen LogP) is 6.19. The van der Waals surface area contributed by atoms with Crippen molar-refractivity contribution in [2.75, 3.05) is 4.31 Å². The molecule has 1 heterocycles. The molecule has 0 aliphatic rings. The number of benzene rings is 3. The largest absolute Gasteiger partial charge is 0.529 e. The van der Waals surface area contributed by atoms with Crippen molar-refractivity contribution < 1.29 is 31.5 Å². The number of carbonyl (C=O) groups is 1. The van der Waals surface area contributed by atoms with E-state index in [-0.39, 0.29) is 21.4 Å². The van der Waals surface area contributed by atoms with E-state index in [2.05, 4.69) is 37.0 Å². The third kappa shape index (κ3) is 6.04. The van der Waals surface area contributed by atoms with Crippen LogP contribution in [-0.2, 0) is 26.9 Å². The number of amides is 1. The lowest BCUT2D eigenvalue weighted by atomic mass is 10.1. The van der Waals surface area contributed by atoms with Gasteiger partial charge in [0.25, 0.3) is 10.0 Å². The number of carboxylic acid groups (broad SMARTS) is 1. The average Bonchev–Trinajstić information content (AvgIpc) is 3.35. The maximum Gasteiger partial charge on any atom is 0.435 e. The normalized spacial score (nSPS) is 11.9. The van der Waals surface area contributed by atoms with Gasteiger partial charge in [0.05, 0.1) is 22.0 Å². The van der Waals surface area contributed by atoms with Crippen molar-refractivity contribution in [3.05, 3.63) is 95.2 Å². The Morgan fingerprint density at radius 3 is 2.00 bits per heavy atom. The van der Waals surface area contributed by atoms with Crippen LogP contribution < -0.4 is 9.41 Å². The molecule has 0 bridgehead atoms. The molecule has 0 atom stereocenters. The molecule has 4 rings (SSSR count). The fourth-order valence-corrected chi connectivity index (χ4v) is 5.79. The second kappa shape index (κ2) is 11.1. The van der Waals surface area contributed by atoms with Gasteiger partial charge in [-0.05, 0) is 60.5 Å². The van der Waals surface area contributed by atoms with E-state index in [4.69, 9.17) is 0 Å². The molecule has 1 amide bonds. The van der Waals surface area contributed by atoms with Crippen LogP contribution in [-0.4, -0.2) is 24.3 Å². The molecule has 0 unspecified atom stereocenters. The first-order valence-electron chi connectivity index (χ1n) is 11.2. The SMILES string of the molecule is Cc1ccc(-c2cc(C(F)(F)F)nn2-c2ccc(S(=O)(=O)N(C(=O)[O-])c3cc(CBr)cc(CBr)c3)cc2)cc1. The molecule has 0 saturated heterocycles. The Kier molecular flexibility index (Phi) is 8.24. The summed E-state index contributed by atoms with van der Waals surface area (Å²) < 4.78 is 68.5. The van der Waals surface area contributed by atoms with Crippen molar-refractivity contribution in [3.63, 3.8) is 0 Å². The van der Waals surface area contributed by atoms with Crippen molar-refractivity contribution in [2.24, 2.45) is 0 Å². The van der Waals surface area contributed by atoms with E-state index in [0.29, 0.717) is 27.4 Å². The van der Waals surface area contributed by atoms with Crippen molar-refractivity contribution in [1.29, 1.82) is 0 Å². The standard InChI is InChI=1S/C26H20Br2F3N3O4S/c1-16-2-4-19(5-3-16)23-13-24(26(29,30)31)32-33(23)20-6-8-22(9-7-20)39(37,38)34(25(35)36)21-11-17(14-27)10-18(12-21)15-28/h2-13H,14-15H2,1H3,(H,35,36)/p-1. The van der Waals surface area contributed by atoms with Crippen LogP contribution in [0.15, 0.2) is 77.7 Å². The van der Waals surface area contributed by atoms with Crippen LogP contribution in [0.4, 0.5) is 23.7 Å². The summed E-state index contributed by atoms with van der Waals surface area (Å²) in [4.78, 5) is 11.6. The zero-order valence-corrected chi connectivity index (χ0v) is 24.1. The average molecular weight is 686 g/mol. The van der Waals surface area contributed by atoms with Crippen molar-refractivity contribution in [1.82, 2.24) is 9.78 Å². The van der Waals surface area contributed by atoms with Gasteiger partial charge in [-0.25, -0.2) is 17.4 Å². The molecule has 0 spiro atoms. The highest BCUT2D eigenvalue weighted by atomic mass is 79.9. The van der Waals surface area contributed by atoms with Crippen molar-refractivity contribution in [2.45, 2.75) is 28.7 Å². The number of halogens is 5. The Labute approximate surface area is 239 Å². The van der Waals surface area contributed by atoms with E-state index in [0.717, 1.165) is 28.4 Å². The van der Waals surface area contributed by atoms with Crippen molar-refractivity contribution in [3.8, 4) is 16.9 Å². The molecule has 0 N–H and O–H groups in total. The van der Waals surface area contributed by atoms with Gasteiger partial charge in [0.15, 0.2) is 11.8 Å². The van der Waals surface area contributed by atoms with E-state index in [1.165, 1.54) is 24.3 Å². The second-order valence-electron chi connectivity index (χ2n) is 8.49. The number of rotatable bonds is 7. The molecule has 0 radical (unpaired) electrons. The molecule has 3 aromatic carbocycles. The highest BCUT2D eigenvalue weighted by molar-refractivity contribution is 9.08. The first-order chi connectivity index (χ1) is 18.3. The Bertz CT molecular complexity index is 1600. The van der Waals surface area contributed by atoms with Gasteiger partial charge < -0.3 is 9.90 Å². The monoisotopic (exact) mass is 684 g/mol. The molecule has 0 saturated carbocycles. The summed E-state index contributed by atoms with van der Waals surface area (Å²) in [6, 6.07) is 17.0. The summed E-state index contributed by atoms with van der Waals surface area (Å²) in [5.74, 6) is 0. The first-order valence-corrected chi connectivity index (χ1v) is 14.9. The van der Waals surface area contributed by atoms with E-state index in [1.54, 1.807) is 30.3 Å². The lowest BCUT2D eigenvalue weighted by Gasteiger charge is -2.25. The van der Waals surface area contributed by atoms with Gasteiger partial charge in [-0.15, -0.1) is 0 Å². The van der Waals surface area contributed by atoms with Gasteiger partial charge in [0.2, 0.25) is 0 Å². The van der Waals surface area contributed by atoms with Crippen molar-refractivity contribution >= 4 is 53.7 Å². The molecule has 204 valence electrons. The quantitative estimate of drug-likeness (QED) is 0.216. The maximum atomic E-state index is 13.5. The van der Waals surface area contributed by atoms with Gasteiger partial charge in [-0.3, -0.25) is 0 Å². The number of hydrogen-bond acceptors (Lipinski definition) is 5. The van der Waals surface area contributed by atoms with E-state index in [9.17, 15) is 31.5 Å². The van der Waals surface area contributed by atoms with Crippen LogP contribution in [0.25, 0.3) is 16.9 Å².